The zero-order chi connectivity index (χ0) is 32.6. The minimum Gasteiger partial charge on any atom is -0.439 e. The Bertz CT molecular complexity index is 2000. The summed E-state index contributed by atoms with van der Waals surface area (Å²) in [6.45, 7) is 0.187. The summed E-state index contributed by atoms with van der Waals surface area (Å²) in [6.07, 6.45) is 4.04. The van der Waals surface area contributed by atoms with Crippen molar-refractivity contribution in [3.05, 3.63) is 90.3 Å². The molecule has 0 fully saturated rings. The summed E-state index contributed by atoms with van der Waals surface area (Å²) in [5.74, 6) is 0.274. The summed E-state index contributed by atoms with van der Waals surface area (Å²) in [5.41, 5.74) is 1.33. The Hall–Kier alpha value is -4.12. The number of nitrogens with zero attached hydrogens (tertiary/aromatic N) is 4. The number of hydrogen-bond acceptors (Lipinski definition) is 6. The summed E-state index contributed by atoms with van der Waals surface area (Å²) in [4.78, 5) is 1.76. The predicted octanol–water partition coefficient (Wildman–Crippen LogP) is 4.58. The van der Waals surface area contributed by atoms with Gasteiger partial charge >= 0.3 is 6.18 Å². The highest BCUT2D eigenvalue weighted by atomic mass is 32.2. The van der Waals surface area contributed by atoms with Gasteiger partial charge in [-0.05, 0) is 61.0 Å². The van der Waals surface area contributed by atoms with Gasteiger partial charge in [0.1, 0.15) is 0 Å². The quantitative estimate of drug-likeness (QED) is 0.175. The van der Waals surface area contributed by atoms with Gasteiger partial charge in [0, 0.05) is 43.2 Å². The third-order valence-corrected chi connectivity index (χ3v) is 8.85. The average molecular weight is 668 g/mol. The number of halogens is 3. The Labute approximate surface area is 257 Å². The van der Waals surface area contributed by atoms with Crippen LogP contribution >= 0.6 is 0 Å². The molecule has 0 saturated carbocycles. The Kier molecular flexibility index (Phi) is 8.86. The van der Waals surface area contributed by atoms with Gasteiger partial charge in [-0.1, -0.05) is 0 Å². The number of ether oxygens (including phenoxy) is 1. The minimum atomic E-state index is -4.59. The van der Waals surface area contributed by atoms with Crippen molar-refractivity contribution in [1.82, 2.24) is 9.13 Å². The number of allylic oxidation sites excluding steroid dienone is 2. The van der Waals surface area contributed by atoms with E-state index >= 15 is 0 Å². The van der Waals surface area contributed by atoms with Gasteiger partial charge in [0.2, 0.25) is 5.88 Å². The normalized spacial score (nSPS) is 15.0. The van der Waals surface area contributed by atoms with Crippen molar-refractivity contribution in [3.63, 3.8) is 0 Å². The van der Waals surface area contributed by atoms with E-state index < -0.39 is 43.5 Å². The number of rotatable bonds is 11. The molecule has 0 saturated heterocycles. The number of fused-ring (bicyclic) bond motifs is 2. The molecule has 16 heteroatoms. The second-order valence-electron chi connectivity index (χ2n) is 10.4. The number of benzene rings is 2. The highest BCUT2D eigenvalue weighted by molar-refractivity contribution is 7.86. The summed E-state index contributed by atoms with van der Waals surface area (Å²) in [6, 6.07) is 12.5. The number of alkyl halides is 3. The van der Waals surface area contributed by atoms with Gasteiger partial charge in [0.15, 0.2) is 16.8 Å². The van der Waals surface area contributed by atoms with E-state index in [2.05, 4.69) is 0 Å². The molecule has 5 rings (SSSR count). The maximum atomic E-state index is 13.5. The SMILES string of the molecule is C[n+]1c(C=CC=C2Oc3ccc(-n4cccc4)cc3N2CCCS(=O)(=O)O)n(CCCS(=O)(=O)O)c2cc(C(F)(F)F)ccc21. The summed E-state index contributed by atoms with van der Waals surface area (Å²) in [5, 5.41) is 0. The van der Waals surface area contributed by atoms with Crippen LogP contribution < -0.4 is 14.2 Å². The molecule has 0 aliphatic carbocycles. The zero-order valence-electron chi connectivity index (χ0n) is 23.9. The van der Waals surface area contributed by atoms with Gasteiger partial charge in [-0.25, -0.2) is 9.13 Å². The number of hydrogen-bond donors (Lipinski definition) is 2. The largest absolute Gasteiger partial charge is 0.439 e. The Morgan fingerprint density at radius 3 is 2.24 bits per heavy atom. The molecule has 2 N–H and O–H groups in total. The molecule has 11 nitrogen and oxygen atoms in total. The average Bonchev–Trinajstić information content (AvgIpc) is 3.65. The monoisotopic (exact) mass is 667 g/mol. The molecule has 0 atom stereocenters. The lowest BCUT2D eigenvalue weighted by Crippen LogP contribution is -2.31. The Morgan fingerprint density at radius 1 is 0.933 bits per heavy atom. The first kappa shape index (κ1) is 32.3. The van der Waals surface area contributed by atoms with Crippen molar-refractivity contribution >= 4 is 43.0 Å². The molecule has 4 aromatic rings. The molecule has 0 bridgehead atoms. The number of aromatic nitrogens is 3. The molecule has 45 heavy (non-hydrogen) atoms. The fourth-order valence-corrected chi connectivity index (χ4v) is 6.19. The third-order valence-electron chi connectivity index (χ3n) is 7.24. The van der Waals surface area contributed by atoms with Crippen molar-refractivity contribution < 1.29 is 48.4 Å². The molecule has 0 unspecified atom stereocenters. The predicted molar refractivity (Wildman–Crippen MR) is 161 cm³/mol. The van der Waals surface area contributed by atoms with E-state index in [-0.39, 0.29) is 31.4 Å². The number of imidazole rings is 1. The first-order valence-corrected chi connectivity index (χ1v) is 16.9. The smallest absolute Gasteiger partial charge is 0.416 e. The fraction of sp³-hybridized carbons (Fsp3) is 0.276. The van der Waals surface area contributed by atoms with Crippen molar-refractivity contribution in [2.45, 2.75) is 25.6 Å². The highest BCUT2D eigenvalue weighted by Gasteiger charge is 2.33. The molecule has 3 heterocycles. The van der Waals surface area contributed by atoms with Gasteiger partial charge < -0.3 is 14.2 Å². The van der Waals surface area contributed by atoms with Crippen molar-refractivity contribution in [2.24, 2.45) is 7.05 Å². The fourth-order valence-electron chi connectivity index (χ4n) is 5.20. The van der Waals surface area contributed by atoms with Gasteiger partial charge in [-0.15, -0.1) is 0 Å². The second-order valence-corrected chi connectivity index (χ2v) is 13.6. The van der Waals surface area contributed by atoms with E-state index in [1.165, 1.54) is 6.07 Å². The Morgan fingerprint density at radius 2 is 1.60 bits per heavy atom. The molecule has 0 spiro atoms. The molecular weight excluding hydrogens is 637 g/mol. The number of aryl methyl sites for hydroxylation is 2. The van der Waals surface area contributed by atoms with Crippen LogP contribution in [0.5, 0.6) is 5.75 Å². The maximum absolute atomic E-state index is 13.5. The van der Waals surface area contributed by atoms with Crippen molar-refractivity contribution in [1.29, 1.82) is 0 Å². The van der Waals surface area contributed by atoms with Crippen LogP contribution in [0.25, 0.3) is 22.8 Å². The van der Waals surface area contributed by atoms with E-state index in [4.69, 9.17) is 4.74 Å². The topological polar surface area (TPSA) is 135 Å². The molecule has 1 aliphatic rings. The standard InChI is InChI=1S/C29H29F3N4O7S2/c1-33-23-11-9-21(29(30,31)32)19-24(23)35(15-5-17-44(37,38)39)27(33)7-4-8-28-36(16-6-18-45(40,41)42)25-20-22(10-12-26(25)43-28)34-13-2-3-14-34/h2-4,7-14,19-20H,5-6,15-18H2,1H3,(H-,37,38,39,40,41,42)/p+1. The molecule has 2 aromatic heterocycles. The second kappa shape index (κ2) is 12.3. The van der Waals surface area contributed by atoms with Crippen molar-refractivity contribution in [3.8, 4) is 11.4 Å². The molecule has 0 radical (unpaired) electrons. The van der Waals surface area contributed by atoms with Gasteiger partial charge in [0.05, 0.1) is 36.3 Å². The van der Waals surface area contributed by atoms with Crippen LogP contribution in [0.1, 0.15) is 24.2 Å². The summed E-state index contributed by atoms with van der Waals surface area (Å²) >= 11 is 0. The lowest BCUT2D eigenvalue weighted by molar-refractivity contribution is -0.647. The van der Waals surface area contributed by atoms with Crippen LogP contribution in [0.2, 0.25) is 0 Å². The minimum absolute atomic E-state index is 0.000550. The first-order valence-electron chi connectivity index (χ1n) is 13.7. The summed E-state index contributed by atoms with van der Waals surface area (Å²) in [7, 11) is -6.82. The van der Waals surface area contributed by atoms with Gasteiger partial charge in [-0.3, -0.25) is 9.11 Å². The zero-order valence-corrected chi connectivity index (χ0v) is 25.6. The Balaban J connectivity index is 1.51. The lowest BCUT2D eigenvalue weighted by atomic mass is 10.2. The third kappa shape index (κ3) is 7.58. The van der Waals surface area contributed by atoms with Crippen LogP contribution in [0.3, 0.4) is 0 Å². The van der Waals surface area contributed by atoms with E-state index in [0.717, 1.165) is 17.8 Å². The van der Waals surface area contributed by atoms with Crippen LogP contribution in [-0.4, -0.2) is 53.1 Å². The molecular formula is C29H30F3N4O7S2+. The van der Waals surface area contributed by atoms with Crippen LogP contribution in [-0.2, 0) is 40.0 Å². The van der Waals surface area contributed by atoms with Gasteiger partial charge in [0.25, 0.3) is 26.1 Å². The molecule has 240 valence electrons. The van der Waals surface area contributed by atoms with E-state index in [1.807, 2.05) is 41.2 Å². The van der Waals surface area contributed by atoms with E-state index in [1.54, 1.807) is 45.4 Å². The van der Waals surface area contributed by atoms with E-state index in [9.17, 15) is 39.1 Å². The molecule has 0 amide bonds. The highest BCUT2D eigenvalue weighted by Crippen LogP contribution is 2.40. The van der Waals surface area contributed by atoms with Crippen molar-refractivity contribution in [2.75, 3.05) is 23.0 Å². The van der Waals surface area contributed by atoms with Gasteiger partial charge in [-0.2, -0.15) is 30.0 Å². The lowest BCUT2D eigenvalue weighted by Gasteiger charge is -2.18. The first-order chi connectivity index (χ1) is 21.1. The number of anilines is 1. The maximum Gasteiger partial charge on any atom is 0.416 e. The molecule has 1 aliphatic heterocycles. The molecule has 2 aromatic carbocycles. The van der Waals surface area contributed by atoms with E-state index in [0.29, 0.717) is 28.7 Å². The van der Waals surface area contributed by atoms with Crippen LogP contribution in [0.15, 0.2) is 79.0 Å². The summed E-state index contributed by atoms with van der Waals surface area (Å²) < 4.78 is 116. The van der Waals surface area contributed by atoms with Crippen LogP contribution in [0.4, 0.5) is 18.9 Å². The van der Waals surface area contributed by atoms with Crippen LogP contribution in [0, 0.1) is 0 Å².